The average molecular weight is 353 g/mol. The van der Waals surface area contributed by atoms with Gasteiger partial charge in [-0.15, -0.1) is 10.2 Å². The third-order valence-electron chi connectivity index (χ3n) is 3.68. The standard InChI is InChI=1S/C18H15N3O5/c1-11-3-5-13(6-4-11)17-20-19-16(26-17)12(2)25-18(22)14-7-9-15(10-8-14)21(23)24/h3-10,12H,1-2H3/t12-/m0/s1. The maximum Gasteiger partial charge on any atom is 0.338 e. The van der Waals surface area contributed by atoms with E-state index in [9.17, 15) is 14.9 Å². The van der Waals surface area contributed by atoms with Crippen molar-refractivity contribution in [1.29, 1.82) is 0 Å². The predicted octanol–water partition coefficient (Wildman–Crippen LogP) is 3.87. The monoisotopic (exact) mass is 353 g/mol. The van der Waals surface area contributed by atoms with Crippen molar-refractivity contribution >= 4 is 11.7 Å². The largest absolute Gasteiger partial charge is 0.449 e. The third kappa shape index (κ3) is 3.75. The first kappa shape index (κ1) is 17.3. The number of nitro groups is 1. The number of hydrogen-bond acceptors (Lipinski definition) is 7. The van der Waals surface area contributed by atoms with Crippen LogP contribution in [0, 0.1) is 17.0 Å². The van der Waals surface area contributed by atoms with Crippen LogP contribution in [-0.4, -0.2) is 21.1 Å². The summed E-state index contributed by atoms with van der Waals surface area (Å²) in [5.74, 6) is -0.142. The second-order valence-electron chi connectivity index (χ2n) is 5.66. The minimum atomic E-state index is -0.760. The van der Waals surface area contributed by atoms with Gasteiger partial charge in [0.2, 0.25) is 5.89 Å². The normalized spacial score (nSPS) is 11.8. The van der Waals surface area contributed by atoms with Crippen molar-refractivity contribution in [2.45, 2.75) is 20.0 Å². The summed E-state index contributed by atoms with van der Waals surface area (Å²) in [6.45, 7) is 3.58. The van der Waals surface area contributed by atoms with Crippen molar-refractivity contribution in [3.8, 4) is 11.5 Å². The third-order valence-corrected chi connectivity index (χ3v) is 3.68. The molecule has 8 heteroatoms. The number of rotatable bonds is 5. The molecular formula is C18H15N3O5. The van der Waals surface area contributed by atoms with Crippen LogP contribution >= 0.6 is 0 Å². The molecule has 1 heterocycles. The Bertz CT molecular complexity index is 932. The van der Waals surface area contributed by atoms with Gasteiger partial charge < -0.3 is 9.15 Å². The number of nitro benzene ring substituents is 1. The lowest BCUT2D eigenvalue weighted by Crippen LogP contribution is -2.09. The van der Waals surface area contributed by atoms with E-state index >= 15 is 0 Å². The molecule has 0 spiro atoms. The number of aryl methyl sites for hydroxylation is 1. The molecular weight excluding hydrogens is 338 g/mol. The molecule has 132 valence electrons. The number of carbonyl (C=O) groups is 1. The molecule has 1 aromatic heterocycles. The van der Waals surface area contributed by atoms with Crippen LogP contribution in [0.4, 0.5) is 5.69 Å². The fraction of sp³-hybridized carbons (Fsp3) is 0.167. The summed E-state index contributed by atoms with van der Waals surface area (Å²) < 4.78 is 10.9. The number of benzene rings is 2. The summed E-state index contributed by atoms with van der Waals surface area (Å²) in [4.78, 5) is 22.2. The van der Waals surface area contributed by atoms with Gasteiger partial charge in [0, 0.05) is 17.7 Å². The topological polar surface area (TPSA) is 108 Å². The van der Waals surface area contributed by atoms with E-state index in [4.69, 9.17) is 9.15 Å². The smallest absolute Gasteiger partial charge is 0.338 e. The SMILES string of the molecule is Cc1ccc(-c2nnc([C@H](C)OC(=O)c3ccc([N+](=O)[O-])cc3)o2)cc1. The van der Waals surface area contributed by atoms with E-state index in [1.807, 2.05) is 31.2 Å². The fourth-order valence-corrected chi connectivity index (χ4v) is 2.21. The Balaban J connectivity index is 1.69. The number of ether oxygens (including phenoxy) is 1. The lowest BCUT2D eigenvalue weighted by atomic mass is 10.1. The zero-order chi connectivity index (χ0) is 18.7. The Morgan fingerprint density at radius 3 is 2.38 bits per heavy atom. The molecule has 26 heavy (non-hydrogen) atoms. The number of nitrogens with zero attached hydrogens (tertiary/aromatic N) is 3. The quantitative estimate of drug-likeness (QED) is 0.389. The summed E-state index contributed by atoms with van der Waals surface area (Å²) in [6.07, 6.45) is -0.760. The van der Waals surface area contributed by atoms with E-state index in [0.717, 1.165) is 11.1 Å². The average Bonchev–Trinajstić information content (AvgIpc) is 3.12. The second-order valence-corrected chi connectivity index (χ2v) is 5.66. The van der Waals surface area contributed by atoms with Gasteiger partial charge in [0.15, 0.2) is 6.10 Å². The first-order valence-electron chi connectivity index (χ1n) is 7.80. The molecule has 0 saturated heterocycles. The molecule has 0 N–H and O–H groups in total. The maximum atomic E-state index is 12.1. The predicted molar refractivity (Wildman–Crippen MR) is 91.4 cm³/mol. The van der Waals surface area contributed by atoms with Gasteiger partial charge in [-0.25, -0.2) is 4.79 Å². The van der Waals surface area contributed by atoms with Gasteiger partial charge in [-0.05, 0) is 38.1 Å². The number of aromatic nitrogens is 2. The lowest BCUT2D eigenvalue weighted by Gasteiger charge is -2.09. The highest BCUT2D eigenvalue weighted by Gasteiger charge is 2.20. The van der Waals surface area contributed by atoms with Gasteiger partial charge in [-0.1, -0.05) is 17.7 Å². The Hall–Kier alpha value is -3.55. The lowest BCUT2D eigenvalue weighted by molar-refractivity contribution is -0.384. The van der Waals surface area contributed by atoms with Crippen molar-refractivity contribution in [3.05, 3.63) is 75.7 Å². The fourth-order valence-electron chi connectivity index (χ4n) is 2.21. The van der Waals surface area contributed by atoms with Crippen LogP contribution in [0.5, 0.6) is 0 Å². The summed E-state index contributed by atoms with van der Waals surface area (Å²) in [6, 6.07) is 12.7. The molecule has 0 saturated carbocycles. The van der Waals surface area contributed by atoms with Crippen LogP contribution in [0.15, 0.2) is 52.9 Å². The number of non-ortho nitro benzene ring substituents is 1. The van der Waals surface area contributed by atoms with Crippen molar-refractivity contribution in [2.75, 3.05) is 0 Å². The maximum absolute atomic E-state index is 12.1. The van der Waals surface area contributed by atoms with Gasteiger partial charge in [-0.3, -0.25) is 10.1 Å². The Morgan fingerprint density at radius 2 is 1.77 bits per heavy atom. The summed E-state index contributed by atoms with van der Waals surface area (Å²) in [7, 11) is 0. The highest BCUT2D eigenvalue weighted by atomic mass is 16.6. The van der Waals surface area contributed by atoms with Crippen LogP contribution < -0.4 is 0 Å². The first-order valence-corrected chi connectivity index (χ1v) is 7.80. The summed E-state index contributed by atoms with van der Waals surface area (Å²) in [5.41, 5.74) is 1.97. The molecule has 3 rings (SSSR count). The highest BCUT2D eigenvalue weighted by Crippen LogP contribution is 2.23. The van der Waals surface area contributed by atoms with Gasteiger partial charge >= 0.3 is 5.97 Å². The number of hydrogen-bond donors (Lipinski definition) is 0. The Kier molecular flexibility index (Phi) is 4.74. The van der Waals surface area contributed by atoms with E-state index in [0.29, 0.717) is 5.89 Å². The van der Waals surface area contributed by atoms with Crippen molar-refractivity contribution in [2.24, 2.45) is 0 Å². The second kappa shape index (κ2) is 7.14. The summed E-state index contributed by atoms with van der Waals surface area (Å²) >= 11 is 0. The van der Waals surface area contributed by atoms with Crippen LogP contribution in [0.1, 0.15) is 34.8 Å². The van der Waals surface area contributed by atoms with Gasteiger partial charge in [0.05, 0.1) is 10.5 Å². The van der Waals surface area contributed by atoms with Crippen LogP contribution in [0.3, 0.4) is 0 Å². The molecule has 0 unspecified atom stereocenters. The summed E-state index contributed by atoms with van der Waals surface area (Å²) in [5, 5.41) is 18.5. The molecule has 0 amide bonds. The zero-order valence-electron chi connectivity index (χ0n) is 14.1. The molecule has 0 radical (unpaired) electrons. The van der Waals surface area contributed by atoms with Gasteiger partial charge in [-0.2, -0.15) is 0 Å². The van der Waals surface area contributed by atoms with Gasteiger partial charge in [0.1, 0.15) is 0 Å². The minimum Gasteiger partial charge on any atom is -0.449 e. The first-order chi connectivity index (χ1) is 12.4. The van der Waals surface area contributed by atoms with E-state index in [1.54, 1.807) is 6.92 Å². The van der Waals surface area contributed by atoms with Gasteiger partial charge in [0.25, 0.3) is 11.6 Å². The number of carbonyl (C=O) groups excluding carboxylic acids is 1. The van der Waals surface area contributed by atoms with Crippen LogP contribution in [-0.2, 0) is 4.74 Å². The van der Waals surface area contributed by atoms with Crippen LogP contribution in [0.25, 0.3) is 11.5 Å². The molecule has 3 aromatic rings. The van der Waals surface area contributed by atoms with Crippen molar-refractivity contribution in [1.82, 2.24) is 10.2 Å². The molecule has 0 bridgehead atoms. The Labute approximate surface area is 148 Å². The van der Waals surface area contributed by atoms with Crippen LogP contribution in [0.2, 0.25) is 0 Å². The molecule has 0 aliphatic carbocycles. The van der Waals surface area contributed by atoms with E-state index in [-0.39, 0.29) is 17.1 Å². The molecule has 0 aliphatic rings. The number of esters is 1. The van der Waals surface area contributed by atoms with Crippen molar-refractivity contribution in [3.63, 3.8) is 0 Å². The van der Waals surface area contributed by atoms with E-state index in [1.165, 1.54) is 24.3 Å². The van der Waals surface area contributed by atoms with E-state index < -0.39 is 17.0 Å². The van der Waals surface area contributed by atoms with Crippen molar-refractivity contribution < 1.29 is 18.9 Å². The molecule has 0 fully saturated rings. The minimum absolute atomic E-state index is 0.103. The Morgan fingerprint density at radius 1 is 1.12 bits per heavy atom. The van der Waals surface area contributed by atoms with E-state index in [2.05, 4.69) is 10.2 Å². The highest BCUT2D eigenvalue weighted by molar-refractivity contribution is 5.89. The molecule has 8 nitrogen and oxygen atoms in total. The zero-order valence-corrected chi connectivity index (χ0v) is 14.1. The molecule has 0 aliphatic heterocycles. The molecule has 1 atom stereocenters. The molecule has 2 aromatic carbocycles.